The van der Waals surface area contributed by atoms with Gasteiger partial charge in [-0.25, -0.2) is 4.68 Å². The number of morpholine rings is 1. The van der Waals surface area contributed by atoms with Gasteiger partial charge in [0.1, 0.15) is 5.39 Å². The average molecular weight is 374 g/mol. The molecule has 2 aromatic heterocycles. The largest absolute Gasteiger partial charge is 0.379 e. The maximum absolute atomic E-state index is 12.6. The summed E-state index contributed by atoms with van der Waals surface area (Å²) in [5.41, 5.74) is 0.331. The van der Waals surface area contributed by atoms with E-state index in [2.05, 4.69) is 40.7 Å². The Morgan fingerprint density at radius 3 is 2.78 bits per heavy atom. The molecule has 2 aliphatic rings. The van der Waals surface area contributed by atoms with Gasteiger partial charge in [-0.15, -0.1) is 0 Å². The third-order valence-corrected chi connectivity index (χ3v) is 5.50. The second-order valence-corrected chi connectivity index (χ2v) is 8.72. The Labute approximate surface area is 159 Å². The van der Waals surface area contributed by atoms with Crippen LogP contribution in [0.25, 0.3) is 11.0 Å². The average Bonchev–Trinajstić information content (AvgIpc) is 3.08. The van der Waals surface area contributed by atoms with E-state index in [9.17, 15) is 4.79 Å². The highest BCUT2D eigenvalue weighted by atomic mass is 16.5. The van der Waals surface area contributed by atoms with Gasteiger partial charge >= 0.3 is 0 Å². The predicted octanol–water partition coefficient (Wildman–Crippen LogP) is 1.42. The van der Waals surface area contributed by atoms with E-state index in [1.165, 1.54) is 6.42 Å². The van der Waals surface area contributed by atoms with Crippen LogP contribution in [0.1, 0.15) is 33.6 Å². The maximum Gasteiger partial charge on any atom is 0.263 e. The molecule has 4 heterocycles. The van der Waals surface area contributed by atoms with Crippen molar-refractivity contribution in [3.05, 3.63) is 16.6 Å². The Morgan fingerprint density at radius 2 is 2.04 bits per heavy atom. The van der Waals surface area contributed by atoms with Crippen molar-refractivity contribution in [3.8, 4) is 0 Å². The van der Waals surface area contributed by atoms with E-state index in [0.717, 1.165) is 52.4 Å². The van der Waals surface area contributed by atoms with Crippen LogP contribution >= 0.6 is 0 Å². The molecule has 0 amide bonds. The number of aromatic nitrogens is 4. The molecule has 148 valence electrons. The van der Waals surface area contributed by atoms with Crippen LogP contribution in [0.4, 0.5) is 5.95 Å². The molecule has 0 aromatic carbocycles. The molecular weight excluding hydrogens is 344 g/mol. The lowest BCUT2D eigenvalue weighted by molar-refractivity contribution is 0.0296. The molecule has 1 unspecified atom stereocenters. The fourth-order valence-electron chi connectivity index (χ4n) is 4.10. The van der Waals surface area contributed by atoms with E-state index in [1.807, 2.05) is 4.68 Å². The quantitative estimate of drug-likeness (QED) is 0.875. The summed E-state index contributed by atoms with van der Waals surface area (Å²) in [4.78, 5) is 25.1. The number of nitrogens with zero attached hydrogens (tertiary/aromatic N) is 5. The van der Waals surface area contributed by atoms with Gasteiger partial charge in [0.25, 0.3) is 5.56 Å². The van der Waals surface area contributed by atoms with Crippen molar-refractivity contribution in [1.29, 1.82) is 0 Å². The van der Waals surface area contributed by atoms with Crippen LogP contribution in [0.15, 0.2) is 11.0 Å². The molecule has 2 aromatic rings. The number of hydrogen-bond acceptors (Lipinski definition) is 6. The Morgan fingerprint density at radius 1 is 1.26 bits per heavy atom. The zero-order valence-electron chi connectivity index (χ0n) is 16.6. The van der Waals surface area contributed by atoms with Crippen molar-refractivity contribution in [2.45, 2.75) is 39.2 Å². The zero-order chi connectivity index (χ0) is 19.0. The molecule has 8 heteroatoms. The number of rotatable bonds is 3. The van der Waals surface area contributed by atoms with E-state index in [4.69, 9.17) is 9.72 Å². The Kier molecular flexibility index (Phi) is 4.94. The van der Waals surface area contributed by atoms with Crippen molar-refractivity contribution < 1.29 is 4.74 Å². The van der Waals surface area contributed by atoms with Crippen molar-refractivity contribution in [1.82, 2.24) is 24.6 Å². The third-order valence-electron chi connectivity index (χ3n) is 5.50. The molecule has 0 radical (unpaired) electrons. The van der Waals surface area contributed by atoms with Crippen LogP contribution in [0.2, 0.25) is 0 Å². The van der Waals surface area contributed by atoms with Gasteiger partial charge in [0.05, 0.1) is 24.9 Å². The lowest BCUT2D eigenvalue weighted by atomic mass is 9.97. The molecule has 2 fully saturated rings. The number of fused-ring (bicyclic) bond motifs is 1. The topological polar surface area (TPSA) is 79.3 Å². The van der Waals surface area contributed by atoms with E-state index in [1.54, 1.807) is 6.20 Å². The van der Waals surface area contributed by atoms with Crippen LogP contribution in [-0.4, -0.2) is 70.6 Å². The smallest absolute Gasteiger partial charge is 0.263 e. The number of nitrogens with one attached hydrogen (secondary N) is 1. The molecule has 27 heavy (non-hydrogen) atoms. The predicted molar refractivity (Wildman–Crippen MR) is 105 cm³/mol. The highest BCUT2D eigenvalue weighted by Gasteiger charge is 2.26. The molecular formula is C19H30N6O2. The highest BCUT2D eigenvalue weighted by Crippen LogP contribution is 2.24. The van der Waals surface area contributed by atoms with Crippen LogP contribution in [-0.2, 0) is 10.3 Å². The molecule has 0 bridgehead atoms. The summed E-state index contributed by atoms with van der Waals surface area (Å²) in [6.45, 7) is 12.9. The summed E-state index contributed by atoms with van der Waals surface area (Å²) >= 11 is 0. The van der Waals surface area contributed by atoms with E-state index in [0.29, 0.717) is 22.9 Å². The number of ether oxygens (including phenoxy) is 1. The Balaban J connectivity index is 1.56. The van der Waals surface area contributed by atoms with E-state index in [-0.39, 0.29) is 11.1 Å². The molecule has 4 rings (SSSR count). The summed E-state index contributed by atoms with van der Waals surface area (Å²) in [6, 6.07) is 0. The van der Waals surface area contributed by atoms with Crippen LogP contribution in [0.3, 0.4) is 0 Å². The lowest BCUT2D eigenvalue weighted by Gasteiger charge is -2.37. The molecule has 2 saturated heterocycles. The van der Waals surface area contributed by atoms with Gasteiger partial charge in [-0.05, 0) is 39.5 Å². The number of anilines is 1. The molecule has 1 N–H and O–H groups in total. The van der Waals surface area contributed by atoms with Gasteiger partial charge in [-0.3, -0.25) is 14.7 Å². The van der Waals surface area contributed by atoms with Gasteiger partial charge in [-0.1, -0.05) is 0 Å². The first-order chi connectivity index (χ1) is 12.9. The SMILES string of the molecule is CC(C)(C)n1ncc2c(=O)[nH]c(N3CCCC(CN4CCOCC4)C3)nc21. The zero-order valence-corrected chi connectivity index (χ0v) is 16.6. The summed E-state index contributed by atoms with van der Waals surface area (Å²) < 4.78 is 7.30. The first-order valence-corrected chi connectivity index (χ1v) is 9.95. The monoisotopic (exact) mass is 374 g/mol. The van der Waals surface area contributed by atoms with Gasteiger partial charge in [0, 0.05) is 32.7 Å². The minimum Gasteiger partial charge on any atom is -0.379 e. The second kappa shape index (κ2) is 7.24. The van der Waals surface area contributed by atoms with Gasteiger partial charge in [-0.2, -0.15) is 10.1 Å². The Bertz CT molecular complexity index is 846. The molecule has 8 nitrogen and oxygen atoms in total. The number of aromatic amines is 1. The summed E-state index contributed by atoms with van der Waals surface area (Å²) in [6.07, 6.45) is 3.96. The number of hydrogen-bond donors (Lipinski definition) is 1. The first kappa shape index (κ1) is 18.4. The van der Waals surface area contributed by atoms with E-state index >= 15 is 0 Å². The lowest BCUT2D eigenvalue weighted by Crippen LogP contribution is -2.45. The fraction of sp³-hybridized carbons (Fsp3) is 0.737. The maximum atomic E-state index is 12.6. The fourth-order valence-corrected chi connectivity index (χ4v) is 4.10. The molecule has 1 atom stereocenters. The molecule has 0 saturated carbocycles. The van der Waals surface area contributed by atoms with Gasteiger partial charge in [0.2, 0.25) is 5.95 Å². The molecule has 0 aliphatic carbocycles. The second-order valence-electron chi connectivity index (χ2n) is 8.72. The Hall–Kier alpha value is -1.93. The third kappa shape index (κ3) is 3.87. The normalized spacial score (nSPS) is 22.5. The van der Waals surface area contributed by atoms with Crippen molar-refractivity contribution >= 4 is 17.0 Å². The minimum absolute atomic E-state index is 0.110. The summed E-state index contributed by atoms with van der Waals surface area (Å²) in [7, 11) is 0. The number of H-pyrrole nitrogens is 1. The summed E-state index contributed by atoms with van der Waals surface area (Å²) in [5, 5.41) is 4.95. The molecule has 2 aliphatic heterocycles. The van der Waals surface area contributed by atoms with Crippen molar-refractivity contribution in [2.24, 2.45) is 5.92 Å². The van der Waals surface area contributed by atoms with Gasteiger partial charge < -0.3 is 9.64 Å². The minimum atomic E-state index is -0.222. The number of piperidine rings is 1. The van der Waals surface area contributed by atoms with Crippen LogP contribution < -0.4 is 10.5 Å². The van der Waals surface area contributed by atoms with Crippen molar-refractivity contribution in [3.63, 3.8) is 0 Å². The summed E-state index contributed by atoms with van der Waals surface area (Å²) in [5.74, 6) is 1.26. The van der Waals surface area contributed by atoms with Crippen LogP contribution in [0, 0.1) is 5.92 Å². The standard InChI is InChI=1S/C19H30N6O2/c1-19(2,3)25-16-15(11-20-25)17(26)22-18(21-16)24-6-4-5-14(13-24)12-23-7-9-27-10-8-23/h11,14H,4-10,12-13H2,1-3H3,(H,21,22,26). The highest BCUT2D eigenvalue weighted by molar-refractivity contribution is 5.74. The van der Waals surface area contributed by atoms with Crippen molar-refractivity contribution in [2.75, 3.05) is 50.8 Å². The van der Waals surface area contributed by atoms with Gasteiger partial charge in [0.15, 0.2) is 5.65 Å². The van der Waals surface area contributed by atoms with E-state index < -0.39 is 0 Å². The molecule has 0 spiro atoms. The first-order valence-electron chi connectivity index (χ1n) is 9.95. The van der Waals surface area contributed by atoms with Crippen LogP contribution in [0.5, 0.6) is 0 Å².